The quantitative estimate of drug-likeness (QED) is 0.353. The van der Waals surface area contributed by atoms with Crippen LogP contribution in [0.1, 0.15) is 42.5 Å². The number of fused-ring (bicyclic) bond motifs is 1. The molecule has 1 heterocycles. The van der Waals surface area contributed by atoms with E-state index < -0.39 is 37.8 Å². The molecule has 0 bridgehead atoms. The van der Waals surface area contributed by atoms with Gasteiger partial charge in [-0.25, -0.2) is 13.6 Å². The SMILES string of the molecule is CCOc1ccc2c(c1)CCN(C(=O)NCCCC(=O)O)[C@H]2C(=O)Cc1cc(F)c([Si](C)(C)C)c(F)c1. The monoisotopic (exact) mass is 532 g/mol. The molecule has 2 aromatic rings. The van der Waals surface area contributed by atoms with Crippen molar-refractivity contribution in [2.75, 3.05) is 19.7 Å². The molecule has 0 fully saturated rings. The number of carbonyl (C=O) groups is 3. The zero-order chi connectivity index (χ0) is 27.3. The number of hydrogen-bond acceptors (Lipinski definition) is 4. The second-order valence-corrected chi connectivity index (χ2v) is 15.2. The first-order valence-corrected chi connectivity index (χ1v) is 15.9. The Balaban J connectivity index is 1.90. The van der Waals surface area contributed by atoms with E-state index in [1.165, 1.54) is 17.0 Å². The Hall–Kier alpha value is -3.27. The number of benzene rings is 2. The van der Waals surface area contributed by atoms with Gasteiger partial charge >= 0.3 is 12.0 Å². The number of carboxylic acid groups (broad SMARTS) is 1. The number of Topliss-reactive ketones (excluding diaryl/α,β-unsaturated/α-hetero) is 1. The van der Waals surface area contributed by atoms with Crippen LogP contribution in [0.3, 0.4) is 0 Å². The number of hydrogen-bond donors (Lipinski definition) is 2. The van der Waals surface area contributed by atoms with Crippen molar-refractivity contribution < 1.29 is 33.0 Å². The van der Waals surface area contributed by atoms with Crippen LogP contribution >= 0.6 is 0 Å². The van der Waals surface area contributed by atoms with Crippen molar-refractivity contribution in [3.05, 3.63) is 58.7 Å². The number of carbonyl (C=O) groups excluding carboxylic acids is 2. The lowest BCUT2D eigenvalue weighted by Crippen LogP contribution is -2.48. The molecule has 0 unspecified atom stereocenters. The highest BCUT2D eigenvalue weighted by Crippen LogP contribution is 2.34. The van der Waals surface area contributed by atoms with E-state index in [0.717, 1.165) is 5.56 Å². The Labute approximate surface area is 216 Å². The third-order valence-corrected chi connectivity index (χ3v) is 8.27. The highest BCUT2D eigenvalue weighted by molar-refractivity contribution is 6.88. The van der Waals surface area contributed by atoms with Gasteiger partial charge in [-0.05, 0) is 60.7 Å². The van der Waals surface area contributed by atoms with Crippen molar-refractivity contribution in [2.45, 2.75) is 58.3 Å². The number of urea groups is 1. The minimum Gasteiger partial charge on any atom is -0.494 e. The number of carboxylic acids is 1. The fourth-order valence-electron chi connectivity index (χ4n) is 4.70. The third-order valence-electron chi connectivity index (χ3n) is 6.29. The fraction of sp³-hybridized carbons (Fsp3) is 0.444. The Morgan fingerprint density at radius 3 is 2.41 bits per heavy atom. The number of amides is 2. The number of nitrogens with one attached hydrogen (secondary N) is 1. The van der Waals surface area contributed by atoms with Gasteiger partial charge < -0.3 is 20.1 Å². The Morgan fingerprint density at radius 1 is 1.14 bits per heavy atom. The standard InChI is InChI=1S/C27H34F2N2O5Si/c1-5-36-19-8-9-20-18(16-19)10-12-31(27(35)30-11-6-7-24(33)34)25(20)23(32)15-17-13-21(28)26(22(29)14-17)37(2,3)4/h8-9,13-14,16,25H,5-7,10-12,15H2,1-4H3,(H,30,35)(H,33,34)/t25-/m1/s1. The molecule has 2 N–H and O–H groups in total. The van der Waals surface area contributed by atoms with Crippen molar-refractivity contribution >= 4 is 31.0 Å². The molecule has 0 saturated heterocycles. The van der Waals surface area contributed by atoms with Crippen LogP contribution in [0.2, 0.25) is 19.6 Å². The Morgan fingerprint density at radius 2 is 1.81 bits per heavy atom. The summed E-state index contributed by atoms with van der Waals surface area (Å²) in [6.07, 6.45) is 0.413. The third kappa shape index (κ3) is 6.94. The van der Waals surface area contributed by atoms with Gasteiger partial charge in [0.15, 0.2) is 5.78 Å². The van der Waals surface area contributed by atoms with Gasteiger partial charge in [0.2, 0.25) is 0 Å². The highest BCUT2D eigenvalue weighted by atomic mass is 28.3. The van der Waals surface area contributed by atoms with Crippen LogP contribution < -0.4 is 15.2 Å². The smallest absolute Gasteiger partial charge is 0.318 e. The maximum absolute atomic E-state index is 14.8. The van der Waals surface area contributed by atoms with E-state index in [2.05, 4.69) is 5.32 Å². The van der Waals surface area contributed by atoms with E-state index in [1.54, 1.807) is 12.1 Å². The van der Waals surface area contributed by atoms with E-state index >= 15 is 0 Å². The maximum Gasteiger partial charge on any atom is 0.318 e. The molecular weight excluding hydrogens is 498 g/mol. The minimum atomic E-state index is -2.27. The van der Waals surface area contributed by atoms with Gasteiger partial charge in [0.25, 0.3) is 0 Å². The first kappa shape index (κ1) is 28.3. The largest absolute Gasteiger partial charge is 0.494 e. The lowest BCUT2D eigenvalue weighted by molar-refractivity contribution is -0.137. The lowest BCUT2D eigenvalue weighted by Gasteiger charge is -2.36. The van der Waals surface area contributed by atoms with E-state index in [0.29, 0.717) is 24.3 Å². The summed E-state index contributed by atoms with van der Waals surface area (Å²) in [5, 5.41) is 11.6. The number of halogens is 2. The predicted octanol–water partition coefficient (Wildman–Crippen LogP) is 4.19. The van der Waals surface area contributed by atoms with Crippen molar-refractivity contribution in [3.63, 3.8) is 0 Å². The van der Waals surface area contributed by atoms with Gasteiger partial charge in [0, 0.05) is 31.1 Å². The predicted molar refractivity (Wildman–Crippen MR) is 139 cm³/mol. The van der Waals surface area contributed by atoms with E-state index in [1.807, 2.05) is 32.6 Å². The summed E-state index contributed by atoms with van der Waals surface area (Å²) < 4.78 is 35.3. The molecule has 1 aliphatic heterocycles. The van der Waals surface area contributed by atoms with Crippen LogP contribution in [0.25, 0.3) is 0 Å². The summed E-state index contributed by atoms with van der Waals surface area (Å²) in [5.41, 5.74) is 1.72. The van der Waals surface area contributed by atoms with Crippen LogP contribution in [0.4, 0.5) is 13.6 Å². The molecule has 0 spiro atoms. The van der Waals surface area contributed by atoms with Crippen LogP contribution in [-0.4, -0.2) is 55.6 Å². The molecular formula is C27H34F2N2O5Si. The molecule has 1 atom stereocenters. The first-order chi connectivity index (χ1) is 17.4. The lowest BCUT2D eigenvalue weighted by atomic mass is 9.88. The van der Waals surface area contributed by atoms with Crippen molar-refractivity contribution in [3.8, 4) is 5.75 Å². The maximum atomic E-state index is 14.8. The molecule has 1 aliphatic rings. The molecule has 2 amide bonds. The summed E-state index contributed by atoms with van der Waals surface area (Å²) >= 11 is 0. The zero-order valence-corrected chi connectivity index (χ0v) is 22.7. The summed E-state index contributed by atoms with van der Waals surface area (Å²) in [4.78, 5) is 38.8. The number of aliphatic carboxylic acids is 1. The second kappa shape index (κ2) is 11.8. The Kier molecular flexibility index (Phi) is 9.06. The number of rotatable bonds is 10. The van der Waals surface area contributed by atoms with Gasteiger partial charge in [-0.15, -0.1) is 0 Å². The number of ether oxygens (including phenoxy) is 1. The summed E-state index contributed by atoms with van der Waals surface area (Å²) in [6, 6.07) is 6.32. The first-order valence-electron chi connectivity index (χ1n) is 12.4. The molecule has 37 heavy (non-hydrogen) atoms. The number of nitrogens with zero attached hydrogens (tertiary/aromatic N) is 1. The van der Waals surface area contributed by atoms with Crippen molar-refractivity contribution in [1.82, 2.24) is 10.2 Å². The van der Waals surface area contributed by atoms with Crippen LogP contribution in [0.15, 0.2) is 30.3 Å². The molecule has 0 aliphatic carbocycles. The average molecular weight is 533 g/mol. The summed E-state index contributed by atoms with van der Waals surface area (Å²) in [6.45, 7) is 8.30. The van der Waals surface area contributed by atoms with Gasteiger partial charge in [-0.1, -0.05) is 25.7 Å². The molecule has 7 nitrogen and oxygen atoms in total. The van der Waals surface area contributed by atoms with Crippen molar-refractivity contribution in [2.24, 2.45) is 0 Å². The topological polar surface area (TPSA) is 95.9 Å². The van der Waals surface area contributed by atoms with Gasteiger partial charge in [0.05, 0.1) is 14.7 Å². The van der Waals surface area contributed by atoms with Crippen LogP contribution in [0.5, 0.6) is 5.75 Å². The van der Waals surface area contributed by atoms with E-state index in [-0.39, 0.29) is 48.9 Å². The summed E-state index contributed by atoms with van der Waals surface area (Å²) in [7, 11) is -2.27. The zero-order valence-electron chi connectivity index (χ0n) is 21.7. The number of ketones is 1. The summed E-state index contributed by atoms with van der Waals surface area (Å²) in [5.74, 6) is -1.98. The molecule has 200 valence electrons. The average Bonchev–Trinajstić information content (AvgIpc) is 2.79. The molecule has 10 heteroatoms. The molecule has 2 aromatic carbocycles. The molecule has 3 rings (SSSR count). The second-order valence-electron chi connectivity index (χ2n) is 10.2. The van der Waals surface area contributed by atoms with Crippen LogP contribution in [0, 0.1) is 11.6 Å². The molecule has 0 radical (unpaired) electrons. The molecule has 0 saturated carbocycles. The van der Waals surface area contributed by atoms with Crippen LogP contribution in [-0.2, 0) is 22.4 Å². The normalized spacial score (nSPS) is 15.2. The van der Waals surface area contributed by atoms with Gasteiger partial charge in [0.1, 0.15) is 23.4 Å². The van der Waals surface area contributed by atoms with Crippen molar-refractivity contribution in [1.29, 1.82) is 0 Å². The van der Waals surface area contributed by atoms with E-state index in [4.69, 9.17) is 9.84 Å². The van der Waals surface area contributed by atoms with Gasteiger partial charge in [-0.2, -0.15) is 0 Å². The minimum absolute atomic E-state index is 0.0871. The Bertz CT molecular complexity index is 1160. The molecule has 0 aromatic heterocycles. The highest BCUT2D eigenvalue weighted by Gasteiger charge is 2.36. The fourth-order valence-corrected chi connectivity index (χ4v) is 6.28. The van der Waals surface area contributed by atoms with E-state index in [9.17, 15) is 23.2 Å². The van der Waals surface area contributed by atoms with Gasteiger partial charge in [-0.3, -0.25) is 9.59 Å².